The Hall–Kier alpha value is -1.70. The Morgan fingerprint density at radius 1 is 1.00 bits per heavy atom. The van der Waals surface area contributed by atoms with Crippen LogP contribution >= 0.6 is 7.37 Å². The average molecular weight is 500 g/mol. The maximum atomic E-state index is 12.2. The number of amides is 1. The van der Waals surface area contributed by atoms with Crippen LogP contribution in [0.15, 0.2) is 60.7 Å². The molecule has 0 saturated carbocycles. The number of hydrogen-bond donors (Lipinski definition) is 1. The van der Waals surface area contributed by atoms with Crippen molar-refractivity contribution in [1.82, 2.24) is 5.32 Å². The maximum absolute atomic E-state index is 12.2. The summed E-state index contributed by atoms with van der Waals surface area (Å²) in [5, 5.41) is 2.30. The molecule has 1 amide bonds. The zero-order chi connectivity index (χ0) is 16.0. The number of carbonyl (C=O) groups excluding carboxylic acids is 2. The quantitative estimate of drug-likeness (QED) is 0.287. The Kier molecular flexibility index (Phi) is 7.41. The molecule has 2 aromatic carbocycles. The van der Waals surface area contributed by atoms with Gasteiger partial charge in [-0.1, -0.05) is 48.5 Å². The van der Waals surface area contributed by atoms with Crippen LogP contribution in [-0.2, 0) is 30.4 Å². The molecular formula is C16H15NO4PW-. The molecule has 0 spiro atoms. The molecule has 0 saturated heterocycles. The molecule has 1 N–H and O–H groups in total. The van der Waals surface area contributed by atoms with Crippen molar-refractivity contribution in [2.24, 2.45) is 0 Å². The van der Waals surface area contributed by atoms with Crippen LogP contribution in [-0.4, -0.2) is 18.0 Å². The molecule has 5 nitrogen and oxygen atoms in total. The van der Waals surface area contributed by atoms with Crippen molar-refractivity contribution in [2.45, 2.75) is 0 Å². The van der Waals surface area contributed by atoms with Crippen molar-refractivity contribution in [1.29, 1.82) is 0 Å². The van der Waals surface area contributed by atoms with Crippen LogP contribution < -0.4 is 9.84 Å². The van der Waals surface area contributed by atoms with Gasteiger partial charge in [0.2, 0.25) is 5.78 Å². The predicted octanol–water partition coefficient (Wildman–Crippen LogP) is 3.09. The summed E-state index contributed by atoms with van der Waals surface area (Å²) in [4.78, 5) is 23.6. The molecule has 1 atom stereocenters. The molecule has 0 radical (unpaired) electrons. The third kappa shape index (κ3) is 6.13. The van der Waals surface area contributed by atoms with Crippen molar-refractivity contribution in [3.8, 4) is 5.75 Å². The normalized spacial score (nSPS) is 12.4. The van der Waals surface area contributed by atoms with E-state index in [4.69, 9.17) is 4.52 Å². The van der Waals surface area contributed by atoms with Crippen molar-refractivity contribution in [3.05, 3.63) is 72.9 Å². The van der Waals surface area contributed by atoms with E-state index >= 15 is 0 Å². The summed E-state index contributed by atoms with van der Waals surface area (Å²) >= 11 is 0. The number of ketones is 1. The minimum absolute atomic E-state index is 0. The summed E-state index contributed by atoms with van der Waals surface area (Å²) in [6.07, 6.45) is -0.320. The van der Waals surface area contributed by atoms with Gasteiger partial charge in [-0.15, -0.1) is 0 Å². The van der Waals surface area contributed by atoms with Gasteiger partial charge in [0, 0.05) is 26.6 Å². The molecule has 0 bridgehead atoms. The van der Waals surface area contributed by atoms with Crippen molar-refractivity contribution in [3.63, 3.8) is 0 Å². The molecule has 120 valence electrons. The fraction of sp³-hybridized carbons (Fsp3) is 0.0625. The van der Waals surface area contributed by atoms with Gasteiger partial charge in [-0.2, -0.15) is 0 Å². The van der Waals surface area contributed by atoms with Gasteiger partial charge in [0.15, 0.2) is 0 Å². The first-order chi connectivity index (χ1) is 10.5. The summed E-state index contributed by atoms with van der Waals surface area (Å²) in [6.45, 7) is 3.48. The molecule has 0 fully saturated rings. The molecule has 2 aromatic rings. The van der Waals surface area contributed by atoms with Gasteiger partial charge in [0.1, 0.15) is 13.1 Å². The summed E-state index contributed by atoms with van der Waals surface area (Å²) in [7, 11) is -3.33. The van der Waals surface area contributed by atoms with Crippen LogP contribution in [0, 0.1) is 6.66 Å². The van der Waals surface area contributed by atoms with E-state index in [0.29, 0.717) is 5.75 Å². The molecule has 2 rings (SSSR count). The third-order valence-corrected chi connectivity index (χ3v) is 3.92. The van der Waals surface area contributed by atoms with E-state index in [-0.39, 0.29) is 32.9 Å². The van der Waals surface area contributed by atoms with Gasteiger partial charge < -0.3 is 14.4 Å². The Morgan fingerprint density at radius 3 is 2.09 bits per heavy atom. The topological polar surface area (TPSA) is 72.5 Å². The van der Waals surface area contributed by atoms with Crippen molar-refractivity contribution >= 4 is 19.1 Å². The fourth-order valence-electron chi connectivity index (χ4n) is 1.70. The van der Waals surface area contributed by atoms with Crippen LogP contribution in [0.1, 0.15) is 10.4 Å². The van der Waals surface area contributed by atoms with E-state index in [1.807, 2.05) is 0 Å². The monoisotopic (exact) mass is 500 g/mol. The van der Waals surface area contributed by atoms with E-state index in [1.165, 1.54) is 12.1 Å². The number of hydrogen-bond acceptors (Lipinski definition) is 4. The number of nitrogens with one attached hydrogen (secondary N) is 1. The van der Waals surface area contributed by atoms with Crippen LogP contribution in [0.5, 0.6) is 5.75 Å². The Morgan fingerprint density at radius 2 is 1.52 bits per heavy atom. The van der Waals surface area contributed by atoms with Gasteiger partial charge >= 0.3 is 0 Å². The zero-order valence-electron chi connectivity index (χ0n) is 12.2. The second-order valence-electron chi connectivity index (χ2n) is 4.58. The van der Waals surface area contributed by atoms with E-state index in [2.05, 4.69) is 12.0 Å². The summed E-state index contributed by atoms with van der Waals surface area (Å²) < 4.78 is 17.4. The van der Waals surface area contributed by atoms with Crippen LogP contribution in [0.3, 0.4) is 0 Å². The van der Waals surface area contributed by atoms with E-state index in [0.717, 1.165) is 0 Å². The second-order valence-corrected chi connectivity index (χ2v) is 6.71. The molecule has 1 unspecified atom stereocenters. The molecule has 0 aliphatic rings. The average Bonchev–Trinajstić information content (AvgIpc) is 2.53. The molecule has 0 aliphatic heterocycles. The van der Waals surface area contributed by atoms with Gasteiger partial charge in [-0.25, -0.2) is 6.66 Å². The number of Topliss-reactive ketones (excluding diaryl/α,β-unsaturated/α-hetero) is 1. The number of carbonyl (C=O) groups is 2. The van der Waals surface area contributed by atoms with Gasteiger partial charge in [0.05, 0.1) is 6.29 Å². The van der Waals surface area contributed by atoms with E-state index in [1.54, 1.807) is 48.5 Å². The minimum Gasteiger partial charge on any atom is -0.467 e. The first-order valence-corrected chi connectivity index (χ1v) is 8.53. The molecular weight excluding hydrogens is 485 g/mol. The SMILES string of the molecule is [CH2-]P(=O)(CNC(=O)C(=O)c1ccccc1)Oc1ccccc1.[W]. The summed E-state index contributed by atoms with van der Waals surface area (Å²) in [6, 6.07) is 16.6. The molecule has 23 heavy (non-hydrogen) atoms. The Balaban J connectivity index is 0.00000264. The standard InChI is InChI=1S/C16H15NO4P.W/c1-22(20,21-14-10-6-3-7-11-14)12-17-16(19)15(18)13-8-4-2-5-9-13;/h2-11H,1,12H2,(H,17,19);/q-1;. The minimum atomic E-state index is -3.33. The first kappa shape index (κ1) is 19.3. The van der Waals surface area contributed by atoms with Crippen LogP contribution in [0.25, 0.3) is 0 Å². The zero-order valence-corrected chi connectivity index (χ0v) is 16.0. The molecule has 7 heteroatoms. The van der Waals surface area contributed by atoms with Crippen molar-refractivity contribution < 1.29 is 39.7 Å². The third-order valence-electron chi connectivity index (χ3n) is 2.74. The number of para-hydroxylation sites is 1. The maximum Gasteiger partial charge on any atom is 0.292 e. The first-order valence-electron chi connectivity index (χ1n) is 6.53. The number of rotatable bonds is 6. The van der Waals surface area contributed by atoms with Crippen LogP contribution in [0.4, 0.5) is 0 Å². The summed E-state index contributed by atoms with van der Waals surface area (Å²) in [5.74, 6) is -1.14. The van der Waals surface area contributed by atoms with Gasteiger partial charge in [0.25, 0.3) is 5.91 Å². The van der Waals surface area contributed by atoms with E-state index in [9.17, 15) is 14.2 Å². The van der Waals surface area contributed by atoms with Crippen molar-refractivity contribution in [2.75, 3.05) is 6.29 Å². The fourth-order valence-corrected chi connectivity index (χ4v) is 2.65. The Bertz CT molecular complexity index is 707. The summed E-state index contributed by atoms with van der Waals surface area (Å²) in [5.41, 5.74) is 0.267. The van der Waals surface area contributed by atoms with E-state index < -0.39 is 19.1 Å². The number of benzene rings is 2. The van der Waals surface area contributed by atoms with Crippen LogP contribution in [0.2, 0.25) is 0 Å². The predicted molar refractivity (Wildman–Crippen MR) is 83.8 cm³/mol. The second kappa shape index (κ2) is 8.81. The smallest absolute Gasteiger partial charge is 0.292 e. The van der Waals surface area contributed by atoms with Gasteiger partial charge in [-0.05, 0) is 12.1 Å². The Labute approximate surface area is 149 Å². The molecule has 0 heterocycles. The molecule has 0 aliphatic carbocycles. The molecule has 0 aromatic heterocycles. The largest absolute Gasteiger partial charge is 0.467 e. The van der Waals surface area contributed by atoms with Gasteiger partial charge in [-0.3, -0.25) is 9.59 Å².